The van der Waals surface area contributed by atoms with Crippen LogP contribution in [0.1, 0.15) is 24.0 Å². The third-order valence-electron chi connectivity index (χ3n) is 5.16. The maximum absolute atomic E-state index is 14.3. The number of rotatable bonds is 3. The Kier molecular flexibility index (Phi) is 4.92. The average Bonchev–Trinajstić information content (AvgIpc) is 3.03. The Morgan fingerprint density at radius 1 is 1.21 bits per heavy atom. The molecule has 4 amide bonds. The minimum absolute atomic E-state index is 0.0124. The van der Waals surface area contributed by atoms with E-state index in [1.54, 1.807) is 4.90 Å². The highest BCUT2D eigenvalue weighted by Crippen LogP contribution is 2.28. The van der Waals surface area contributed by atoms with Crippen molar-refractivity contribution in [1.82, 2.24) is 5.32 Å². The number of hydrogen-bond acceptors (Lipinski definition) is 3. The van der Waals surface area contributed by atoms with Crippen LogP contribution in [-0.2, 0) is 16.0 Å². The maximum atomic E-state index is 14.3. The number of carbonyl (C=O) groups is 3. The summed E-state index contributed by atoms with van der Waals surface area (Å²) in [6, 6.07) is 9.00. The zero-order valence-corrected chi connectivity index (χ0v) is 15.9. The number of amides is 4. The fraction of sp³-hybridized carbons (Fsp3) is 0.286. The highest BCUT2D eigenvalue weighted by Gasteiger charge is 2.33. The minimum atomic E-state index is -0.671. The van der Waals surface area contributed by atoms with Gasteiger partial charge in [0.15, 0.2) is 0 Å². The van der Waals surface area contributed by atoms with E-state index in [0.717, 1.165) is 16.8 Å². The van der Waals surface area contributed by atoms with Gasteiger partial charge in [0, 0.05) is 24.3 Å². The molecule has 7 nitrogen and oxygen atoms in total. The van der Waals surface area contributed by atoms with Crippen LogP contribution in [0.2, 0.25) is 0 Å². The van der Waals surface area contributed by atoms with Crippen LogP contribution in [0, 0.1) is 12.7 Å². The minimum Gasteiger partial charge on any atom is -0.326 e. The van der Waals surface area contributed by atoms with Crippen molar-refractivity contribution in [3.63, 3.8) is 0 Å². The molecule has 2 heterocycles. The van der Waals surface area contributed by atoms with Gasteiger partial charge in [0.2, 0.25) is 11.8 Å². The van der Waals surface area contributed by atoms with E-state index in [1.165, 1.54) is 12.1 Å². The number of benzene rings is 2. The molecule has 1 atom stereocenters. The monoisotopic (exact) mass is 396 g/mol. The molecule has 0 radical (unpaired) electrons. The predicted molar refractivity (Wildman–Crippen MR) is 107 cm³/mol. The molecule has 4 rings (SSSR count). The highest BCUT2D eigenvalue weighted by atomic mass is 19.1. The van der Waals surface area contributed by atoms with Crippen molar-refractivity contribution in [2.75, 3.05) is 22.1 Å². The first-order valence-electron chi connectivity index (χ1n) is 9.48. The lowest BCUT2D eigenvalue weighted by Gasteiger charge is -2.19. The second kappa shape index (κ2) is 7.54. The lowest BCUT2D eigenvalue weighted by Crippen LogP contribution is -2.43. The van der Waals surface area contributed by atoms with Gasteiger partial charge in [-0.1, -0.05) is 12.1 Å². The van der Waals surface area contributed by atoms with Gasteiger partial charge in [0.05, 0.1) is 5.69 Å². The molecule has 0 aromatic heterocycles. The van der Waals surface area contributed by atoms with Gasteiger partial charge >= 0.3 is 6.03 Å². The first-order valence-corrected chi connectivity index (χ1v) is 9.48. The molecule has 2 aromatic rings. The number of urea groups is 1. The topological polar surface area (TPSA) is 90.5 Å². The SMILES string of the molecule is Cc1cccc(N2CCC(NC(=O)Nc3cc4c(cc3F)NC(=O)CC4)C2=O)c1. The summed E-state index contributed by atoms with van der Waals surface area (Å²) in [4.78, 5) is 38.1. The van der Waals surface area contributed by atoms with Gasteiger partial charge in [-0.15, -0.1) is 0 Å². The lowest BCUT2D eigenvalue weighted by molar-refractivity contribution is -0.118. The molecule has 3 N–H and O–H groups in total. The number of nitrogens with one attached hydrogen (secondary N) is 3. The van der Waals surface area contributed by atoms with Crippen molar-refractivity contribution in [2.24, 2.45) is 0 Å². The van der Waals surface area contributed by atoms with Gasteiger partial charge in [-0.3, -0.25) is 9.59 Å². The van der Waals surface area contributed by atoms with Crippen molar-refractivity contribution in [1.29, 1.82) is 0 Å². The third-order valence-corrected chi connectivity index (χ3v) is 5.16. The molecule has 150 valence electrons. The Morgan fingerprint density at radius 3 is 2.83 bits per heavy atom. The molecule has 1 unspecified atom stereocenters. The molecular formula is C21H21FN4O3. The van der Waals surface area contributed by atoms with Crippen LogP contribution in [0.3, 0.4) is 0 Å². The average molecular weight is 396 g/mol. The van der Waals surface area contributed by atoms with Gasteiger partial charge in [-0.2, -0.15) is 0 Å². The molecule has 0 bridgehead atoms. The Balaban J connectivity index is 1.42. The summed E-state index contributed by atoms with van der Waals surface area (Å²) in [6.07, 6.45) is 1.26. The summed E-state index contributed by atoms with van der Waals surface area (Å²) in [5.41, 5.74) is 3.03. The number of halogens is 1. The smallest absolute Gasteiger partial charge is 0.319 e. The van der Waals surface area contributed by atoms with Gasteiger partial charge in [0.25, 0.3) is 0 Å². The van der Waals surface area contributed by atoms with E-state index < -0.39 is 17.9 Å². The Morgan fingerprint density at radius 2 is 2.03 bits per heavy atom. The van der Waals surface area contributed by atoms with E-state index in [4.69, 9.17) is 0 Å². The van der Waals surface area contributed by atoms with Gasteiger partial charge in [-0.05, 0) is 55.2 Å². The van der Waals surface area contributed by atoms with E-state index in [2.05, 4.69) is 16.0 Å². The van der Waals surface area contributed by atoms with Crippen molar-refractivity contribution in [3.8, 4) is 0 Å². The lowest BCUT2D eigenvalue weighted by atomic mass is 10.0. The number of aryl methyl sites for hydroxylation is 2. The number of nitrogens with zero attached hydrogens (tertiary/aromatic N) is 1. The normalized spacial score (nSPS) is 18.3. The standard InChI is InChI=1S/C21H21FN4O3/c1-12-3-2-4-14(9-12)26-8-7-16(20(26)28)24-21(29)25-18-10-13-5-6-19(27)23-17(13)11-15(18)22/h2-4,9-11,16H,5-8H2,1H3,(H,23,27)(H2,24,25,29). The van der Waals surface area contributed by atoms with E-state index >= 15 is 0 Å². The predicted octanol–water partition coefficient (Wildman–Crippen LogP) is 2.95. The summed E-state index contributed by atoms with van der Waals surface area (Å²) in [5, 5.41) is 7.72. The number of anilines is 3. The Hall–Kier alpha value is -3.42. The van der Waals surface area contributed by atoms with E-state index in [9.17, 15) is 18.8 Å². The summed E-state index contributed by atoms with van der Waals surface area (Å²) in [6.45, 7) is 2.45. The van der Waals surface area contributed by atoms with Crippen LogP contribution in [0.5, 0.6) is 0 Å². The van der Waals surface area contributed by atoms with Crippen molar-refractivity contribution < 1.29 is 18.8 Å². The van der Waals surface area contributed by atoms with Crippen molar-refractivity contribution in [3.05, 3.63) is 53.3 Å². The second-order valence-electron chi connectivity index (χ2n) is 7.31. The number of fused-ring (bicyclic) bond motifs is 1. The Bertz CT molecular complexity index is 1010. The van der Waals surface area contributed by atoms with Crippen molar-refractivity contribution in [2.45, 2.75) is 32.2 Å². The first kappa shape index (κ1) is 18.9. The molecule has 2 aromatic carbocycles. The van der Waals surface area contributed by atoms with Crippen molar-refractivity contribution >= 4 is 34.9 Å². The summed E-state index contributed by atoms with van der Waals surface area (Å²) in [5.74, 6) is -1.01. The Labute approximate surface area is 167 Å². The molecule has 0 saturated carbocycles. The van der Waals surface area contributed by atoms with Crippen LogP contribution in [0.15, 0.2) is 36.4 Å². The van der Waals surface area contributed by atoms with E-state index in [0.29, 0.717) is 31.5 Å². The summed E-state index contributed by atoms with van der Waals surface area (Å²) >= 11 is 0. The molecule has 0 spiro atoms. The molecular weight excluding hydrogens is 375 g/mol. The number of carbonyl (C=O) groups excluding carboxylic acids is 3. The fourth-order valence-corrected chi connectivity index (χ4v) is 3.68. The van der Waals surface area contributed by atoms with E-state index in [-0.39, 0.29) is 17.5 Å². The zero-order valence-electron chi connectivity index (χ0n) is 15.9. The first-order chi connectivity index (χ1) is 13.9. The molecule has 29 heavy (non-hydrogen) atoms. The number of hydrogen-bond donors (Lipinski definition) is 3. The fourth-order valence-electron chi connectivity index (χ4n) is 3.68. The van der Waals surface area contributed by atoms with Crippen LogP contribution in [-0.4, -0.2) is 30.4 Å². The zero-order chi connectivity index (χ0) is 20.5. The molecule has 8 heteroatoms. The molecule has 1 fully saturated rings. The maximum Gasteiger partial charge on any atom is 0.319 e. The second-order valence-corrected chi connectivity index (χ2v) is 7.31. The quantitative estimate of drug-likeness (QED) is 0.745. The van der Waals surface area contributed by atoms with E-state index in [1.807, 2.05) is 31.2 Å². The van der Waals surface area contributed by atoms with Crippen LogP contribution >= 0.6 is 0 Å². The van der Waals surface area contributed by atoms with Gasteiger partial charge in [-0.25, -0.2) is 9.18 Å². The largest absolute Gasteiger partial charge is 0.326 e. The summed E-state index contributed by atoms with van der Waals surface area (Å²) in [7, 11) is 0. The molecule has 2 aliphatic heterocycles. The van der Waals surface area contributed by atoms with Crippen LogP contribution in [0.25, 0.3) is 0 Å². The van der Waals surface area contributed by atoms with Gasteiger partial charge in [0.1, 0.15) is 11.9 Å². The van der Waals surface area contributed by atoms with Crippen LogP contribution in [0.4, 0.5) is 26.2 Å². The van der Waals surface area contributed by atoms with Crippen LogP contribution < -0.4 is 20.9 Å². The third kappa shape index (κ3) is 3.91. The molecule has 2 aliphatic rings. The van der Waals surface area contributed by atoms with Gasteiger partial charge < -0.3 is 20.9 Å². The molecule has 0 aliphatic carbocycles. The molecule has 1 saturated heterocycles. The highest BCUT2D eigenvalue weighted by molar-refractivity contribution is 6.03. The summed E-state index contributed by atoms with van der Waals surface area (Å²) < 4.78 is 14.3.